The van der Waals surface area contributed by atoms with E-state index in [9.17, 15) is 13.2 Å². The molecule has 1 aliphatic rings. The van der Waals surface area contributed by atoms with Crippen molar-refractivity contribution in [3.63, 3.8) is 0 Å². The second-order valence-corrected chi connectivity index (χ2v) is 9.81. The number of imidazole rings is 1. The van der Waals surface area contributed by atoms with Crippen LogP contribution in [0.25, 0.3) is 11.2 Å². The van der Waals surface area contributed by atoms with E-state index in [0.29, 0.717) is 29.2 Å². The van der Waals surface area contributed by atoms with Crippen molar-refractivity contribution in [1.82, 2.24) is 19.5 Å². The van der Waals surface area contributed by atoms with Crippen molar-refractivity contribution in [1.29, 1.82) is 0 Å². The lowest BCUT2D eigenvalue weighted by Crippen LogP contribution is -2.28. The van der Waals surface area contributed by atoms with Gasteiger partial charge in [-0.05, 0) is 49.3 Å². The summed E-state index contributed by atoms with van der Waals surface area (Å²) in [6.07, 6.45) is 1.49. The number of aromatic nitrogens is 4. The molecule has 172 valence electrons. The van der Waals surface area contributed by atoms with Gasteiger partial charge >= 0.3 is 6.18 Å². The molecule has 0 spiro atoms. The zero-order valence-corrected chi connectivity index (χ0v) is 18.6. The van der Waals surface area contributed by atoms with Crippen molar-refractivity contribution in [2.45, 2.75) is 71.1 Å². The lowest BCUT2D eigenvalue weighted by Gasteiger charge is -2.28. The Labute approximate surface area is 185 Å². The van der Waals surface area contributed by atoms with Crippen LogP contribution in [0.1, 0.15) is 63.9 Å². The van der Waals surface area contributed by atoms with Crippen molar-refractivity contribution in [3.8, 4) is 0 Å². The van der Waals surface area contributed by atoms with Gasteiger partial charge < -0.3 is 11.1 Å². The molecular weight excluding hydrogens is 417 g/mol. The van der Waals surface area contributed by atoms with Crippen LogP contribution in [0.3, 0.4) is 0 Å². The fourth-order valence-corrected chi connectivity index (χ4v) is 4.18. The molecule has 3 N–H and O–H groups in total. The van der Waals surface area contributed by atoms with Gasteiger partial charge in [-0.2, -0.15) is 13.2 Å². The minimum absolute atomic E-state index is 0.0231. The molecular formula is C23H29F3N6. The highest BCUT2D eigenvalue weighted by atomic mass is 19.4. The van der Waals surface area contributed by atoms with Crippen LogP contribution in [0.15, 0.2) is 30.5 Å². The standard InChI is InChI=1S/C23H29F3N6/c1-22(2,3)12-19-28-13-18-20(31-19)32(17-9-7-15(27)8-10-17)21(30-18)29-16-6-4-5-14(11-16)23(24,25)26/h4-6,11,13,15,17H,7-10,12,27H2,1-3H3,(H,29,30). The number of halogens is 3. The van der Waals surface area contributed by atoms with Crippen molar-refractivity contribution in [3.05, 3.63) is 41.9 Å². The third kappa shape index (κ3) is 5.03. The molecule has 0 bridgehead atoms. The molecule has 0 saturated heterocycles. The smallest absolute Gasteiger partial charge is 0.328 e. The molecule has 9 heteroatoms. The molecule has 2 heterocycles. The van der Waals surface area contributed by atoms with E-state index in [-0.39, 0.29) is 17.5 Å². The quantitative estimate of drug-likeness (QED) is 0.544. The number of anilines is 2. The summed E-state index contributed by atoms with van der Waals surface area (Å²) in [7, 11) is 0. The first-order valence-electron chi connectivity index (χ1n) is 10.9. The Morgan fingerprint density at radius 1 is 1.09 bits per heavy atom. The molecule has 6 nitrogen and oxygen atoms in total. The number of nitrogens with zero attached hydrogens (tertiary/aromatic N) is 4. The maximum absolute atomic E-state index is 13.2. The van der Waals surface area contributed by atoms with Crippen LogP contribution >= 0.6 is 0 Å². The summed E-state index contributed by atoms with van der Waals surface area (Å²) in [6.45, 7) is 6.38. The minimum atomic E-state index is -4.41. The number of nitrogens with two attached hydrogens (primary N) is 1. The molecule has 0 unspecified atom stereocenters. The Kier molecular flexibility index (Phi) is 5.87. The van der Waals surface area contributed by atoms with Crippen LogP contribution in [-0.2, 0) is 12.6 Å². The van der Waals surface area contributed by atoms with Gasteiger partial charge in [0.25, 0.3) is 0 Å². The number of benzene rings is 1. The van der Waals surface area contributed by atoms with Crippen LogP contribution in [0.4, 0.5) is 24.8 Å². The fourth-order valence-electron chi connectivity index (χ4n) is 4.18. The van der Waals surface area contributed by atoms with Gasteiger partial charge in [-0.15, -0.1) is 0 Å². The summed E-state index contributed by atoms with van der Waals surface area (Å²) < 4.78 is 41.6. The summed E-state index contributed by atoms with van der Waals surface area (Å²) in [6, 6.07) is 5.43. The van der Waals surface area contributed by atoms with Crippen molar-refractivity contribution >= 4 is 22.8 Å². The Balaban J connectivity index is 1.76. The van der Waals surface area contributed by atoms with Crippen molar-refractivity contribution < 1.29 is 13.2 Å². The zero-order valence-electron chi connectivity index (χ0n) is 18.6. The average molecular weight is 447 g/mol. The molecule has 1 aromatic carbocycles. The fraction of sp³-hybridized carbons (Fsp3) is 0.522. The maximum atomic E-state index is 13.2. The molecule has 32 heavy (non-hydrogen) atoms. The topological polar surface area (TPSA) is 81.7 Å². The van der Waals surface area contributed by atoms with E-state index in [1.54, 1.807) is 12.3 Å². The average Bonchev–Trinajstić information content (AvgIpc) is 3.04. The van der Waals surface area contributed by atoms with E-state index in [4.69, 9.17) is 10.7 Å². The molecule has 0 radical (unpaired) electrons. The van der Waals surface area contributed by atoms with E-state index in [0.717, 1.165) is 43.6 Å². The van der Waals surface area contributed by atoms with Crippen LogP contribution < -0.4 is 11.1 Å². The maximum Gasteiger partial charge on any atom is 0.416 e. The summed E-state index contributed by atoms with van der Waals surface area (Å²) >= 11 is 0. The predicted octanol–water partition coefficient (Wildman–Crippen LogP) is 5.62. The molecule has 0 aliphatic heterocycles. The Bertz CT molecular complexity index is 1090. The molecule has 1 saturated carbocycles. The van der Waals surface area contributed by atoms with Crippen LogP contribution in [0, 0.1) is 5.41 Å². The predicted molar refractivity (Wildman–Crippen MR) is 119 cm³/mol. The molecule has 3 aromatic rings. The highest BCUT2D eigenvalue weighted by molar-refractivity contribution is 5.75. The zero-order chi connectivity index (χ0) is 23.1. The van der Waals surface area contributed by atoms with Crippen LogP contribution in [0.2, 0.25) is 0 Å². The van der Waals surface area contributed by atoms with E-state index in [2.05, 4.69) is 36.1 Å². The first-order chi connectivity index (χ1) is 15.0. The normalized spacial score (nSPS) is 20.0. The highest BCUT2D eigenvalue weighted by Gasteiger charge is 2.31. The minimum Gasteiger partial charge on any atom is -0.328 e. The number of fused-ring (bicyclic) bond motifs is 1. The first-order valence-corrected chi connectivity index (χ1v) is 10.9. The summed E-state index contributed by atoms with van der Waals surface area (Å²) in [4.78, 5) is 13.9. The third-order valence-electron chi connectivity index (χ3n) is 5.72. The van der Waals surface area contributed by atoms with E-state index in [1.807, 2.05) is 4.57 Å². The second-order valence-electron chi connectivity index (χ2n) is 9.81. The number of rotatable bonds is 4. The summed E-state index contributed by atoms with van der Waals surface area (Å²) in [5.74, 6) is 1.20. The highest BCUT2D eigenvalue weighted by Crippen LogP contribution is 2.36. The SMILES string of the molecule is CC(C)(C)Cc1ncc2nc(Nc3cccc(C(F)(F)F)c3)n(C3CCC(N)CC3)c2n1. The summed E-state index contributed by atoms with van der Waals surface area (Å²) in [5, 5.41) is 3.10. The lowest BCUT2D eigenvalue weighted by molar-refractivity contribution is -0.137. The van der Waals surface area contributed by atoms with Gasteiger partial charge in [0, 0.05) is 24.2 Å². The third-order valence-corrected chi connectivity index (χ3v) is 5.72. The van der Waals surface area contributed by atoms with Gasteiger partial charge in [0.05, 0.1) is 11.8 Å². The second kappa shape index (κ2) is 8.35. The monoisotopic (exact) mass is 446 g/mol. The van der Waals surface area contributed by atoms with Crippen LogP contribution in [-0.4, -0.2) is 25.6 Å². The van der Waals surface area contributed by atoms with Crippen LogP contribution in [0.5, 0.6) is 0 Å². The van der Waals surface area contributed by atoms with Crippen molar-refractivity contribution in [2.75, 3.05) is 5.32 Å². The Hall–Kier alpha value is -2.68. The molecule has 1 fully saturated rings. The molecule has 4 rings (SSSR count). The number of hydrogen-bond acceptors (Lipinski definition) is 5. The lowest BCUT2D eigenvalue weighted by atomic mass is 9.91. The number of alkyl halides is 3. The molecule has 1 aliphatic carbocycles. The molecule has 0 atom stereocenters. The Morgan fingerprint density at radius 2 is 1.81 bits per heavy atom. The summed E-state index contributed by atoms with van der Waals surface area (Å²) in [5.41, 5.74) is 7.06. The van der Waals surface area contributed by atoms with Gasteiger partial charge in [-0.25, -0.2) is 15.0 Å². The van der Waals surface area contributed by atoms with E-state index >= 15 is 0 Å². The van der Waals surface area contributed by atoms with Gasteiger partial charge in [-0.1, -0.05) is 26.8 Å². The largest absolute Gasteiger partial charge is 0.416 e. The number of hydrogen-bond donors (Lipinski definition) is 2. The van der Waals surface area contributed by atoms with Gasteiger partial charge in [0.2, 0.25) is 5.95 Å². The van der Waals surface area contributed by atoms with Gasteiger partial charge in [0.15, 0.2) is 5.65 Å². The van der Waals surface area contributed by atoms with Gasteiger partial charge in [0.1, 0.15) is 11.3 Å². The Morgan fingerprint density at radius 3 is 2.47 bits per heavy atom. The van der Waals surface area contributed by atoms with E-state index in [1.165, 1.54) is 6.07 Å². The first kappa shape index (κ1) is 22.5. The van der Waals surface area contributed by atoms with Gasteiger partial charge in [-0.3, -0.25) is 4.57 Å². The molecule has 2 aromatic heterocycles. The van der Waals surface area contributed by atoms with E-state index < -0.39 is 11.7 Å². The van der Waals surface area contributed by atoms with Crippen molar-refractivity contribution in [2.24, 2.45) is 11.1 Å². The number of nitrogens with one attached hydrogen (secondary N) is 1. The molecule has 0 amide bonds.